The van der Waals surface area contributed by atoms with Gasteiger partial charge in [-0.05, 0) is 0 Å². The summed E-state index contributed by atoms with van der Waals surface area (Å²) in [7, 11) is -6.94. The summed E-state index contributed by atoms with van der Waals surface area (Å²) in [6, 6.07) is 0. The first kappa shape index (κ1) is 23.6. The standard InChI is InChI=1S/C9F15P/c10-1(4(13)14)7(19,20)25(8(21,22)2(11)5(15)16)9(23,24)3(12)6(17)18. The summed E-state index contributed by atoms with van der Waals surface area (Å²) in [4.78, 5) is 0. The van der Waals surface area contributed by atoms with Crippen molar-refractivity contribution in [2.75, 3.05) is 0 Å². The van der Waals surface area contributed by atoms with E-state index in [9.17, 15) is 65.9 Å². The zero-order valence-corrected chi connectivity index (χ0v) is 11.5. The molecule has 0 aliphatic heterocycles. The Hall–Kier alpha value is -1.40. The normalized spacial score (nSPS) is 13.0. The lowest BCUT2D eigenvalue weighted by Gasteiger charge is -2.35. The Kier molecular flexibility index (Phi) is 7.04. The average Bonchev–Trinajstić information content (AvgIpc) is 2.42. The van der Waals surface area contributed by atoms with E-state index in [0.717, 1.165) is 0 Å². The van der Waals surface area contributed by atoms with Gasteiger partial charge in [-0.3, -0.25) is 0 Å². The molecule has 0 aromatic rings. The Balaban J connectivity index is 6.95. The monoisotopic (exact) mass is 424 g/mol. The van der Waals surface area contributed by atoms with Crippen LogP contribution in [-0.2, 0) is 0 Å². The third-order valence-electron chi connectivity index (χ3n) is 2.13. The highest BCUT2D eigenvalue weighted by molar-refractivity contribution is 7.62. The predicted octanol–water partition coefficient (Wildman–Crippen LogP) is 7.48. The third-order valence-corrected chi connectivity index (χ3v) is 4.41. The highest BCUT2D eigenvalue weighted by Gasteiger charge is 2.73. The maximum atomic E-state index is 13.3. The molecule has 0 atom stereocenters. The summed E-state index contributed by atoms with van der Waals surface area (Å²) < 4.78 is 188. The molecule has 0 saturated carbocycles. The van der Waals surface area contributed by atoms with Gasteiger partial charge in [-0.15, -0.1) is 0 Å². The van der Waals surface area contributed by atoms with Crippen molar-refractivity contribution in [3.8, 4) is 0 Å². The van der Waals surface area contributed by atoms with Crippen molar-refractivity contribution < 1.29 is 65.9 Å². The van der Waals surface area contributed by atoms with Gasteiger partial charge in [0.25, 0.3) is 0 Å². The van der Waals surface area contributed by atoms with Gasteiger partial charge in [0.15, 0.2) is 0 Å². The van der Waals surface area contributed by atoms with Crippen molar-refractivity contribution in [2.24, 2.45) is 0 Å². The van der Waals surface area contributed by atoms with E-state index in [1.807, 2.05) is 0 Å². The smallest absolute Gasteiger partial charge is 0.199 e. The van der Waals surface area contributed by atoms with E-state index in [2.05, 4.69) is 0 Å². The summed E-state index contributed by atoms with van der Waals surface area (Å²) in [6.07, 6.45) is -12.7. The van der Waals surface area contributed by atoms with Gasteiger partial charge in [0.1, 0.15) is 7.92 Å². The molecule has 0 aromatic heterocycles. The molecule has 0 rings (SSSR count). The molecule has 0 radical (unpaired) electrons. The Morgan fingerprint density at radius 2 is 0.560 bits per heavy atom. The number of rotatable bonds is 6. The van der Waals surface area contributed by atoms with Crippen LogP contribution in [0.25, 0.3) is 0 Å². The van der Waals surface area contributed by atoms with E-state index < -0.39 is 60.6 Å². The Bertz CT molecular complexity index is 517. The van der Waals surface area contributed by atoms with Gasteiger partial charge in [-0.2, -0.15) is 65.9 Å². The molecule has 0 nitrogen and oxygen atoms in total. The van der Waals surface area contributed by atoms with Gasteiger partial charge in [0.2, 0.25) is 17.5 Å². The van der Waals surface area contributed by atoms with E-state index in [1.165, 1.54) is 0 Å². The van der Waals surface area contributed by atoms with Crippen molar-refractivity contribution in [1.82, 2.24) is 0 Å². The number of allylic oxidation sites excluding steroid dienone is 3. The Labute approximate surface area is 128 Å². The lowest BCUT2D eigenvalue weighted by Crippen LogP contribution is -2.37. The molecular formula is C9F15P. The van der Waals surface area contributed by atoms with Crippen LogP contribution in [0.2, 0.25) is 0 Å². The van der Waals surface area contributed by atoms with Gasteiger partial charge < -0.3 is 0 Å². The molecule has 0 heterocycles. The van der Waals surface area contributed by atoms with Crippen molar-refractivity contribution in [3.05, 3.63) is 35.7 Å². The molecule has 0 unspecified atom stereocenters. The second kappa shape index (κ2) is 7.46. The summed E-state index contributed by atoms with van der Waals surface area (Å²) >= 11 is 0. The first-order chi connectivity index (χ1) is 10.9. The van der Waals surface area contributed by atoms with Crippen molar-refractivity contribution in [3.63, 3.8) is 0 Å². The predicted molar refractivity (Wildman–Crippen MR) is 52.8 cm³/mol. The molecule has 0 N–H and O–H groups in total. The molecule has 16 heteroatoms. The lowest BCUT2D eigenvalue weighted by atomic mass is 10.6. The summed E-state index contributed by atoms with van der Waals surface area (Å²) in [6.45, 7) is 0. The van der Waals surface area contributed by atoms with Crippen LogP contribution in [-0.4, -0.2) is 17.0 Å². The van der Waals surface area contributed by atoms with E-state index in [0.29, 0.717) is 0 Å². The van der Waals surface area contributed by atoms with E-state index in [4.69, 9.17) is 0 Å². The van der Waals surface area contributed by atoms with Crippen LogP contribution in [0, 0.1) is 0 Å². The maximum absolute atomic E-state index is 13.3. The number of hydrogen-bond donors (Lipinski definition) is 0. The van der Waals surface area contributed by atoms with Crippen LogP contribution in [0.15, 0.2) is 35.7 Å². The lowest BCUT2D eigenvalue weighted by molar-refractivity contribution is 0.0215. The minimum atomic E-state index is -6.94. The first-order valence-electron chi connectivity index (χ1n) is 5.01. The fourth-order valence-electron chi connectivity index (χ4n) is 1.16. The highest BCUT2D eigenvalue weighted by atomic mass is 31.1. The van der Waals surface area contributed by atoms with E-state index in [-0.39, 0.29) is 0 Å². The average molecular weight is 424 g/mol. The molecule has 0 aliphatic rings. The zero-order valence-electron chi connectivity index (χ0n) is 10.6. The van der Waals surface area contributed by atoms with Crippen LogP contribution in [0.3, 0.4) is 0 Å². The van der Waals surface area contributed by atoms with E-state index >= 15 is 0 Å². The Morgan fingerprint density at radius 1 is 0.400 bits per heavy atom. The van der Waals surface area contributed by atoms with Crippen LogP contribution < -0.4 is 0 Å². The minimum absolute atomic E-state index is 4.24. The number of halogens is 15. The minimum Gasteiger partial charge on any atom is -0.199 e. The molecule has 25 heavy (non-hydrogen) atoms. The zero-order chi connectivity index (χ0) is 20.5. The fourth-order valence-corrected chi connectivity index (χ4v) is 3.07. The van der Waals surface area contributed by atoms with Crippen LogP contribution in [0.5, 0.6) is 0 Å². The van der Waals surface area contributed by atoms with Crippen molar-refractivity contribution in [2.45, 2.75) is 17.0 Å². The molecule has 146 valence electrons. The SMILES string of the molecule is FC(F)=C(F)C(F)(F)P(C(F)(F)C(F)=C(F)F)C(F)(F)C(F)=C(F)F. The van der Waals surface area contributed by atoms with Gasteiger partial charge in [0, 0.05) is 0 Å². The van der Waals surface area contributed by atoms with E-state index in [1.54, 1.807) is 0 Å². The first-order valence-corrected chi connectivity index (χ1v) is 6.35. The second-order valence-electron chi connectivity index (χ2n) is 3.68. The summed E-state index contributed by atoms with van der Waals surface area (Å²) in [5.41, 5.74) is -20.7. The van der Waals surface area contributed by atoms with Gasteiger partial charge >= 0.3 is 35.2 Å². The second-order valence-corrected chi connectivity index (χ2v) is 6.04. The molecule has 0 aliphatic carbocycles. The number of alkyl halides is 6. The van der Waals surface area contributed by atoms with Crippen molar-refractivity contribution in [1.29, 1.82) is 0 Å². The van der Waals surface area contributed by atoms with Gasteiger partial charge in [-0.25, -0.2) is 0 Å². The molecular weight excluding hydrogens is 424 g/mol. The van der Waals surface area contributed by atoms with Crippen LogP contribution in [0.1, 0.15) is 0 Å². The molecule has 0 amide bonds. The largest absolute Gasteiger partial charge is 0.332 e. The molecule has 0 aromatic carbocycles. The van der Waals surface area contributed by atoms with Crippen LogP contribution >= 0.6 is 7.92 Å². The number of hydrogen-bond acceptors (Lipinski definition) is 0. The topological polar surface area (TPSA) is 0 Å². The molecule has 0 saturated heterocycles. The fraction of sp³-hybridized carbons (Fsp3) is 0.333. The maximum Gasteiger partial charge on any atom is 0.332 e. The van der Waals surface area contributed by atoms with Crippen molar-refractivity contribution >= 4 is 7.92 Å². The molecule has 0 fully saturated rings. The Morgan fingerprint density at radius 3 is 0.680 bits per heavy atom. The molecule has 0 spiro atoms. The van der Waals surface area contributed by atoms with Gasteiger partial charge in [-0.1, -0.05) is 0 Å². The van der Waals surface area contributed by atoms with Crippen LogP contribution in [0.4, 0.5) is 65.9 Å². The summed E-state index contributed by atoms with van der Waals surface area (Å²) in [5.74, 6) is -13.2. The molecule has 0 bridgehead atoms. The highest BCUT2D eigenvalue weighted by Crippen LogP contribution is 2.77. The third kappa shape index (κ3) is 4.42. The quantitative estimate of drug-likeness (QED) is 0.307. The van der Waals surface area contributed by atoms with Gasteiger partial charge in [0.05, 0.1) is 0 Å². The summed E-state index contributed by atoms with van der Waals surface area (Å²) in [5, 5.41) is 0.